The molecule has 2 aromatic carbocycles. The van der Waals surface area contributed by atoms with E-state index >= 15 is 0 Å². The van der Waals surface area contributed by atoms with E-state index in [1.54, 1.807) is 19.1 Å². The van der Waals surface area contributed by atoms with Gasteiger partial charge in [-0.05, 0) is 75.6 Å². The summed E-state index contributed by atoms with van der Waals surface area (Å²) in [6, 6.07) is 11.7. The summed E-state index contributed by atoms with van der Waals surface area (Å²) in [6.07, 6.45) is 0.00190. The smallest absolute Gasteiger partial charge is 0.265 e. The number of benzene rings is 2. The number of nitrogens with one attached hydrogen (secondary N) is 2. The Bertz CT molecular complexity index is 924. The predicted octanol–water partition coefficient (Wildman–Crippen LogP) is 3.79. The second kappa shape index (κ2) is 9.21. The Labute approximate surface area is 167 Å². The van der Waals surface area contributed by atoms with Crippen LogP contribution in [0.15, 0.2) is 47.4 Å². The molecule has 0 bridgehead atoms. The standard InChI is InChI=1S/C21H28N2O4S/c1-6-16(4)23-28(25,26)19-11-9-18(10-12-19)22-21(24)17(5)27-20-13-14(2)7-8-15(20)3/h7-13,16-17,23H,6H2,1-5H3,(H,22,24). The van der Waals surface area contributed by atoms with E-state index in [0.717, 1.165) is 11.1 Å². The molecule has 2 rings (SSSR count). The summed E-state index contributed by atoms with van der Waals surface area (Å²) in [7, 11) is -3.57. The van der Waals surface area contributed by atoms with Gasteiger partial charge >= 0.3 is 0 Å². The molecule has 0 spiro atoms. The van der Waals surface area contributed by atoms with Crippen LogP contribution in [-0.4, -0.2) is 26.5 Å². The second-order valence-electron chi connectivity index (χ2n) is 6.97. The summed E-state index contributed by atoms with van der Waals surface area (Å²) in [4.78, 5) is 12.6. The first-order valence-electron chi connectivity index (χ1n) is 9.29. The minimum atomic E-state index is -3.57. The monoisotopic (exact) mass is 404 g/mol. The molecule has 2 N–H and O–H groups in total. The largest absolute Gasteiger partial charge is 0.481 e. The molecule has 152 valence electrons. The van der Waals surface area contributed by atoms with Crippen molar-refractivity contribution in [3.8, 4) is 5.75 Å². The number of amides is 1. The molecule has 7 heteroatoms. The topological polar surface area (TPSA) is 84.5 Å². The summed E-state index contributed by atoms with van der Waals surface area (Å²) in [5, 5.41) is 2.75. The maximum Gasteiger partial charge on any atom is 0.265 e. The number of sulfonamides is 1. The normalized spacial score (nSPS) is 13.6. The van der Waals surface area contributed by atoms with E-state index in [1.165, 1.54) is 12.1 Å². The molecular weight excluding hydrogens is 376 g/mol. The number of hydrogen-bond donors (Lipinski definition) is 2. The molecule has 0 fully saturated rings. The van der Waals surface area contributed by atoms with Crippen LogP contribution in [-0.2, 0) is 14.8 Å². The lowest BCUT2D eigenvalue weighted by Crippen LogP contribution is -2.32. The molecule has 2 unspecified atom stereocenters. The number of hydrogen-bond acceptors (Lipinski definition) is 4. The van der Waals surface area contributed by atoms with Crippen LogP contribution in [0.3, 0.4) is 0 Å². The fourth-order valence-electron chi connectivity index (χ4n) is 2.46. The summed E-state index contributed by atoms with van der Waals surface area (Å²) in [5.41, 5.74) is 2.51. The molecule has 0 saturated carbocycles. The van der Waals surface area contributed by atoms with Crippen LogP contribution in [0, 0.1) is 13.8 Å². The second-order valence-corrected chi connectivity index (χ2v) is 8.69. The van der Waals surface area contributed by atoms with Gasteiger partial charge in [0.25, 0.3) is 5.91 Å². The molecule has 2 aromatic rings. The number of carbonyl (C=O) groups excluding carboxylic acids is 1. The van der Waals surface area contributed by atoms with E-state index in [-0.39, 0.29) is 16.8 Å². The molecule has 0 aromatic heterocycles. The molecule has 0 saturated heterocycles. The van der Waals surface area contributed by atoms with Gasteiger partial charge < -0.3 is 10.1 Å². The Morgan fingerprint density at radius 1 is 1.07 bits per heavy atom. The minimum Gasteiger partial charge on any atom is -0.481 e. The van der Waals surface area contributed by atoms with Crippen LogP contribution >= 0.6 is 0 Å². The molecule has 6 nitrogen and oxygen atoms in total. The van der Waals surface area contributed by atoms with Gasteiger partial charge in [0, 0.05) is 11.7 Å². The van der Waals surface area contributed by atoms with Gasteiger partial charge in [-0.2, -0.15) is 0 Å². The van der Waals surface area contributed by atoms with Crippen molar-refractivity contribution >= 4 is 21.6 Å². The van der Waals surface area contributed by atoms with Gasteiger partial charge in [0.2, 0.25) is 10.0 Å². The first kappa shape index (κ1) is 21.9. The lowest BCUT2D eigenvalue weighted by Gasteiger charge is -2.17. The average molecular weight is 405 g/mol. The fourth-order valence-corrected chi connectivity index (χ4v) is 3.78. The van der Waals surface area contributed by atoms with E-state index in [1.807, 2.05) is 45.9 Å². The fraction of sp³-hybridized carbons (Fsp3) is 0.381. The van der Waals surface area contributed by atoms with E-state index in [0.29, 0.717) is 17.9 Å². The summed E-state index contributed by atoms with van der Waals surface area (Å²) in [6.45, 7) is 9.28. The summed E-state index contributed by atoms with van der Waals surface area (Å²) < 4.78 is 33.0. The van der Waals surface area contributed by atoms with Crippen molar-refractivity contribution in [1.82, 2.24) is 4.72 Å². The number of carbonyl (C=O) groups is 1. The highest BCUT2D eigenvalue weighted by molar-refractivity contribution is 7.89. The molecule has 28 heavy (non-hydrogen) atoms. The van der Waals surface area contributed by atoms with Crippen molar-refractivity contribution in [1.29, 1.82) is 0 Å². The molecule has 0 heterocycles. The van der Waals surface area contributed by atoms with Gasteiger partial charge in [-0.3, -0.25) is 4.79 Å². The zero-order valence-electron chi connectivity index (χ0n) is 16.9. The molecule has 0 aliphatic carbocycles. The first-order valence-corrected chi connectivity index (χ1v) is 10.8. The Balaban J connectivity index is 2.03. The van der Waals surface area contributed by atoms with Crippen LogP contribution in [0.2, 0.25) is 0 Å². The van der Waals surface area contributed by atoms with Crippen molar-refractivity contribution in [3.05, 3.63) is 53.6 Å². The average Bonchev–Trinajstić information content (AvgIpc) is 2.64. The van der Waals surface area contributed by atoms with Crippen LogP contribution in [0.5, 0.6) is 5.75 Å². The number of rotatable bonds is 8. The van der Waals surface area contributed by atoms with Crippen molar-refractivity contribution in [2.45, 2.75) is 58.1 Å². The van der Waals surface area contributed by atoms with Crippen molar-refractivity contribution in [3.63, 3.8) is 0 Å². The van der Waals surface area contributed by atoms with Gasteiger partial charge in [-0.25, -0.2) is 13.1 Å². The van der Waals surface area contributed by atoms with Crippen LogP contribution in [0.4, 0.5) is 5.69 Å². The third kappa shape index (κ3) is 5.81. The zero-order valence-corrected chi connectivity index (χ0v) is 17.8. The highest BCUT2D eigenvalue weighted by Gasteiger charge is 2.18. The van der Waals surface area contributed by atoms with Crippen molar-refractivity contribution in [2.24, 2.45) is 0 Å². The molecule has 2 atom stereocenters. The molecule has 0 radical (unpaired) electrons. The van der Waals surface area contributed by atoms with Crippen LogP contribution < -0.4 is 14.8 Å². The third-order valence-corrected chi connectivity index (χ3v) is 6.02. The van der Waals surface area contributed by atoms with Crippen LogP contribution in [0.1, 0.15) is 38.3 Å². The minimum absolute atomic E-state index is 0.146. The highest BCUT2D eigenvalue weighted by Crippen LogP contribution is 2.21. The van der Waals surface area contributed by atoms with E-state index < -0.39 is 16.1 Å². The Kier molecular flexibility index (Phi) is 7.21. The maximum absolute atomic E-state index is 12.4. The van der Waals surface area contributed by atoms with Crippen molar-refractivity contribution < 1.29 is 17.9 Å². The van der Waals surface area contributed by atoms with Gasteiger partial charge in [0.05, 0.1) is 4.90 Å². The molecule has 0 aliphatic heterocycles. The molecular formula is C21H28N2O4S. The van der Waals surface area contributed by atoms with E-state index in [4.69, 9.17) is 4.74 Å². The SMILES string of the molecule is CCC(C)NS(=O)(=O)c1ccc(NC(=O)C(C)Oc2cc(C)ccc2C)cc1. The first-order chi connectivity index (χ1) is 13.1. The Hall–Kier alpha value is -2.38. The van der Waals surface area contributed by atoms with Gasteiger partial charge in [0.15, 0.2) is 6.10 Å². The number of ether oxygens (including phenoxy) is 1. The van der Waals surface area contributed by atoms with Gasteiger partial charge in [0.1, 0.15) is 5.75 Å². The van der Waals surface area contributed by atoms with Crippen molar-refractivity contribution in [2.75, 3.05) is 5.32 Å². The number of aryl methyl sites for hydroxylation is 2. The lowest BCUT2D eigenvalue weighted by molar-refractivity contribution is -0.122. The lowest BCUT2D eigenvalue weighted by atomic mass is 10.1. The summed E-state index contributed by atoms with van der Waals surface area (Å²) >= 11 is 0. The maximum atomic E-state index is 12.4. The van der Waals surface area contributed by atoms with Gasteiger partial charge in [-0.1, -0.05) is 19.1 Å². The Morgan fingerprint density at radius 2 is 1.71 bits per heavy atom. The van der Waals surface area contributed by atoms with Crippen LogP contribution in [0.25, 0.3) is 0 Å². The van der Waals surface area contributed by atoms with Gasteiger partial charge in [-0.15, -0.1) is 0 Å². The number of anilines is 1. The quantitative estimate of drug-likeness (QED) is 0.701. The Morgan fingerprint density at radius 3 is 2.32 bits per heavy atom. The molecule has 1 amide bonds. The van der Waals surface area contributed by atoms with E-state index in [2.05, 4.69) is 10.0 Å². The third-order valence-electron chi connectivity index (χ3n) is 4.42. The molecule has 0 aliphatic rings. The zero-order chi connectivity index (χ0) is 20.9. The van der Waals surface area contributed by atoms with E-state index in [9.17, 15) is 13.2 Å². The highest BCUT2D eigenvalue weighted by atomic mass is 32.2. The predicted molar refractivity (Wildman–Crippen MR) is 111 cm³/mol. The summed E-state index contributed by atoms with van der Waals surface area (Å²) in [5.74, 6) is 0.356.